The molecule has 0 radical (unpaired) electrons. The predicted octanol–water partition coefficient (Wildman–Crippen LogP) is 2.49. The fourth-order valence-corrected chi connectivity index (χ4v) is 1.70. The minimum absolute atomic E-state index is 0.119. The van der Waals surface area contributed by atoms with E-state index in [1.165, 1.54) is 6.92 Å². The first-order valence-corrected chi connectivity index (χ1v) is 5.31. The van der Waals surface area contributed by atoms with Crippen LogP contribution < -0.4 is 0 Å². The summed E-state index contributed by atoms with van der Waals surface area (Å²) < 4.78 is 0. The minimum Gasteiger partial charge on any atom is -0.481 e. The molecule has 0 aromatic heterocycles. The number of hydrogen-bond donors (Lipinski definition) is 1. The molecule has 1 aromatic carbocycles. The Morgan fingerprint density at radius 3 is 2.56 bits per heavy atom. The van der Waals surface area contributed by atoms with E-state index in [0.29, 0.717) is 11.1 Å². The molecule has 1 aromatic rings. The quantitative estimate of drug-likeness (QED) is 0.823. The van der Waals surface area contributed by atoms with Crippen molar-refractivity contribution >= 4 is 23.4 Å². The van der Waals surface area contributed by atoms with E-state index in [2.05, 4.69) is 0 Å². The van der Waals surface area contributed by atoms with Crippen LogP contribution in [0, 0.1) is 6.92 Å². The lowest BCUT2D eigenvalue weighted by atomic mass is 9.98. The molecule has 0 spiro atoms. The van der Waals surface area contributed by atoms with Gasteiger partial charge in [0, 0.05) is 0 Å². The van der Waals surface area contributed by atoms with E-state index in [-0.39, 0.29) is 12.2 Å². The van der Waals surface area contributed by atoms with E-state index >= 15 is 0 Å². The number of halogens is 1. The Bertz CT molecular complexity index is 426. The van der Waals surface area contributed by atoms with Gasteiger partial charge in [-0.05, 0) is 25.0 Å². The van der Waals surface area contributed by atoms with Crippen molar-refractivity contribution in [3.05, 3.63) is 34.9 Å². The molecule has 4 heteroatoms. The van der Waals surface area contributed by atoms with Crippen molar-refractivity contribution < 1.29 is 14.7 Å². The van der Waals surface area contributed by atoms with Gasteiger partial charge in [-0.2, -0.15) is 0 Å². The van der Waals surface area contributed by atoms with E-state index in [1.54, 1.807) is 12.1 Å². The second kappa shape index (κ2) is 5.12. The molecule has 0 saturated heterocycles. The maximum Gasteiger partial charge on any atom is 0.307 e. The van der Waals surface area contributed by atoms with Crippen LogP contribution in [0.3, 0.4) is 0 Å². The fraction of sp³-hybridized carbons (Fsp3) is 0.333. The Balaban J connectivity index is 3.17. The topological polar surface area (TPSA) is 54.4 Å². The highest BCUT2D eigenvalue weighted by molar-refractivity contribution is 6.30. The van der Waals surface area contributed by atoms with Gasteiger partial charge in [-0.15, -0.1) is 11.6 Å². The molecule has 1 N–H and O–H groups in total. The zero-order valence-electron chi connectivity index (χ0n) is 9.16. The van der Waals surface area contributed by atoms with Gasteiger partial charge in [0.1, 0.15) is 5.38 Å². The van der Waals surface area contributed by atoms with Crippen molar-refractivity contribution in [3.8, 4) is 0 Å². The summed E-state index contributed by atoms with van der Waals surface area (Å²) >= 11 is 5.96. The fourth-order valence-electron chi connectivity index (χ4n) is 1.49. The summed E-state index contributed by atoms with van der Waals surface area (Å²) in [6.07, 6.45) is -0.119. The molecule has 0 aliphatic carbocycles. The third-order valence-corrected chi connectivity index (χ3v) is 2.82. The van der Waals surface area contributed by atoms with E-state index in [1.807, 2.05) is 13.0 Å². The van der Waals surface area contributed by atoms with Crippen molar-refractivity contribution in [2.24, 2.45) is 0 Å². The largest absolute Gasteiger partial charge is 0.481 e. The zero-order chi connectivity index (χ0) is 12.3. The molecule has 0 heterocycles. The molecule has 1 atom stereocenters. The van der Waals surface area contributed by atoms with Crippen LogP contribution in [0.25, 0.3) is 0 Å². The summed E-state index contributed by atoms with van der Waals surface area (Å²) in [5.41, 5.74) is 2.14. The van der Waals surface area contributed by atoms with Gasteiger partial charge in [0.15, 0.2) is 5.78 Å². The predicted molar refractivity (Wildman–Crippen MR) is 61.8 cm³/mol. The first kappa shape index (κ1) is 12.7. The second-order valence-corrected chi connectivity index (χ2v) is 4.18. The van der Waals surface area contributed by atoms with E-state index in [9.17, 15) is 9.59 Å². The minimum atomic E-state index is -0.933. The third-order valence-electron chi connectivity index (χ3n) is 2.27. The lowest BCUT2D eigenvalue weighted by Crippen LogP contribution is -2.09. The maximum atomic E-state index is 11.2. The number of benzene rings is 1. The van der Waals surface area contributed by atoms with Crippen molar-refractivity contribution in [2.45, 2.75) is 25.6 Å². The highest BCUT2D eigenvalue weighted by Crippen LogP contribution is 2.26. The highest BCUT2D eigenvalue weighted by Gasteiger charge is 2.18. The number of alkyl halides is 1. The average Bonchev–Trinajstić information content (AvgIpc) is 2.18. The van der Waals surface area contributed by atoms with Gasteiger partial charge in [-0.1, -0.05) is 23.8 Å². The molecule has 0 amide bonds. The van der Waals surface area contributed by atoms with E-state index in [0.717, 1.165) is 5.56 Å². The second-order valence-electron chi connectivity index (χ2n) is 3.75. The summed E-state index contributed by atoms with van der Waals surface area (Å²) in [6, 6.07) is 5.28. The molecular formula is C12H13ClO3. The number of rotatable bonds is 4. The smallest absolute Gasteiger partial charge is 0.307 e. The number of hydrogen-bond acceptors (Lipinski definition) is 2. The summed E-state index contributed by atoms with van der Waals surface area (Å²) in [5, 5.41) is 7.98. The number of aryl methyl sites for hydroxylation is 1. The Kier molecular flexibility index (Phi) is 4.07. The number of carbonyl (C=O) groups is 2. The first-order valence-electron chi connectivity index (χ1n) is 4.87. The van der Waals surface area contributed by atoms with Crippen LogP contribution >= 0.6 is 11.6 Å². The summed E-state index contributed by atoms with van der Waals surface area (Å²) in [7, 11) is 0. The Hall–Kier alpha value is -1.35. The number of Topliss-reactive ketones (excluding diaryl/α,β-unsaturated/α-hetero) is 1. The van der Waals surface area contributed by atoms with Gasteiger partial charge < -0.3 is 5.11 Å². The first-order chi connectivity index (χ1) is 7.41. The van der Waals surface area contributed by atoms with Gasteiger partial charge in [0.25, 0.3) is 0 Å². The molecule has 0 aliphatic heterocycles. The summed E-state index contributed by atoms with van der Waals surface area (Å²) in [4.78, 5) is 21.9. The van der Waals surface area contributed by atoms with Crippen molar-refractivity contribution in [1.29, 1.82) is 0 Å². The lowest BCUT2D eigenvalue weighted by Gasteiger charge is -2.12. The molecule has 0 fully saturated rings. The molecule has 16 heavy (non-hydrogen) atoms. The highest BCUT2D eigenvalue weighted by atomic mass is 35.5. The van der Waals surface area contributed by atoms with Crippen LogP contribution in [-0.2, 0) is 16.0 Å². The standard InChI is InChI=1S/C12H13ClO3/c1-7-3-4-9(6-11(15)16)10(5-7)12(13)8(2)14/h3-5,12H,6H2,1-2H3,(H,15,16). The number of carboxylic acids is 1. The van der Waals surface area contributed by atoms with Crippen LogP contribution in [0.15, 0.2) is 18.2 Å². The molecule has 0 aliphatic rings. The van der Waals surface area contributed by atoms with Crippen LogP contribution in [0.2, 0.25) is 0 Å². The van der Waals surface area contributed by atoms with Crippen LogP contribution in [0.1, 0.15) is 29.0 Å². The van der Waals surface area contributed by atoms with Crippen molar-refractivity contribution in [3.63, 3.8) is 0 Å². The average molecular weight is 241 g/mol. The van der Waals surface area contributed by atoms with Gasteiger partial charge in [0.2, 0.25) is 0 Å². The summed E-state index contributed by atoms with van der Waals surface area (Å²) in [5.74, 6) is -1.11. The van der Waals surface area contributed by atoms with Gasteiger partial charge in [-0.3, -0.25) is 9.59 Å². The number of aliphatic carboxylic acids is 1. The van der Waals surface area contributed by atoms with Crippen LogP contribution in [-0.4, -0.2) is 16.9 Å². The van der Waals surface area contributed by atoms with E-state index < -0.39 is 11.3 Å². The SMILES string of the molecule is CC(=O)C(Cl)c1cc(C)ccc1CC(=O)O. The number of ketones is 1. The monoisotopic (exact) mass is 240 g/mol. The molecular weight excluding hydrogens is 228 g/mol. The van der Waals surface area contributed by atoms with Crippen molar-refractivity contribution in [1.82, 2.24) is 0 Å². The molecule has 1 rings (SSSR count). The maximum absolute atomic E-state index is 11.2. The molecule has 1 unspecified atom stereocenters. The van der Waals surface area contributed by atoms with Gasteiger partial charge in [-0.25, -0.2) is 0 Å². The molecule has 0 saturated carbocycles. The number of carbonyl (C=O) groups excluding carboxylic acids is 1. The molecule has 0 bridgehead atoms. The Morgan fingerprint density at radius 2 is 2.06 bits per heavy atom. The third kappa shape index (κ3) is 3.07. The van der Waals surface area contributed by atoms with Gasteiger partial charge >= 0.3 is 5.97 Å². The number of carboxylic acid groups (broad SMARTS) is 1. The van der Waals surface area contributed by atoms with Crippen LogP contribution in [0.4, 0.5) is 0 Å². The molecule has 86 valence electrons. The Morgan fingerprint density at radius 1 is 1.44 bits per heavy atom. The lowest BCUT2D eigenvalue weighted by molar-refractivity contribution is -0.136. The zero-order valence-corrected chi connectivity index (χ0v) is 9.91. The summed E-state index contributed by atoms with van der Waals surface area (Å²) in [6.45, 7) is 3.27. The normalized spacial score (nSPS) is 12.2. The molecule has 3 nitrogen and oxygen atoms in total. The Labute approximate surface area is 99.0 Å². The van der Waals surface area contributed by atoms with Gasteiger partial charge in [0.05, 0.1) is 6.42 Å². The van der Waals surface area contributed by atoms with Crippen molar-refractivity contribution in [2.75, 3.05) is 0 Å². The van der Waals surface area contributed by atoms with Crippen LogP contribution in [0.5, 0.6) is 0 Å². The van der Waals surface area contributed by atoms with E-state index in [4.69, 9.17) is 16.7 Å².